The molecule has 0 aliphatic carbocycles. The molecule has 0 bridgehead atoms. The molecule has 8 nitrogen and oxygen atoms in total. The van der Waals surface area contributed by atoms with Crippen LogP contribution in [-0.2, 0) is 30.8 Å². The highest BCUT2D eigenvalue weighted by atomic mass is 32.2. The van der Waals surface area contributed by atoms with E-state index in [4.69, 9.17) is 9.47 Å². The third kappa shape index (κ3) is 5.59. The van der Waals surface area contributed by atoms with Gasteiger partial charge in [0.25, 0.3) is 5.91 Å². The Morgan fingerprint density at radius 1 is 1.17 bits per heavy atom. The quantitative estimate of drug-likeness (QED) is 0.618. The number of esters is 1. The van der Waals surface area contributed by atoms with Gasteiger partial charge < -0.3 is 14.8 Å². The van der Waals surface area contributed by atoms with Gasteiger partial charge in [-0.15, -0.1) is 11.3 Å². The topological polar surface area (TPSA) is 102 Å². The number of rotatable bonds is 8. The molecule has 1 aliphatic heterocycles. The Morgan fingerprint density at radius 3 is 2.60 bits per heavy atom. The molecule has 0 unspecified atom stereocenters. The molecule has 162 valence electrons. The second-order valence-electron chi connectivity index (χ2n) is 6.80. The van der Waals surface area contributed by atoms with Crippen molar-refractivity contribution in [3.63, 3.8) is 0 Å². The molecule has 1 fully saturated rings. The van der Waals surface area contributed by atoms with Crippen molar-refractivity contribution in [1.82, 2.24) is 4.31 Å². The van der Waals surface area contributed by atoms with Crippen LogP contribution in [0.3, 0.4) is 0 Å². The smallest absolute Gasteiger partial charge is 0.311 e. The maximum absolute atomic E-state index is 13.0. The summed E-state index contributed by atoms with van der Waals surface area (Å²) in [5, 5.41) is 4.43. The van der Waals surface area contributed by atoms with E-state index >= 15 is 0 Å². The van der Waals surface area contributed by atoms with Crippen LogP contribution in [0.25, 0.3) is 0 Å². The summed E-state index contributed by atoms with van der Waals surface area (Å²) in [4.78, 5) is 24.8. The minimum atomic E-state index is -3.75. The first-order chi connectivity index (χ1) is 14.4. The van der Waals surface area contributed by atoms with Gasteiger partial charge in [-0.3, -0.25) is 9.59 Å². The van der Waals surface area contributed by atoms with Crippen molar-refractivity contribution in [3.8, 4) is 5.75 Å². The lowest BCUT2D eigenvalue weighted by molar-refractivity contribution is -0.146. The number of nitrogens with zero attached hydrogens (tertiary/aromatic N) is 1. The molecule has 0 saturated carbocycles. The lowest BCUT2D eigenvalue weighted by Gasteiger charge is -2.26. The first-order valence-electron chi connectivity index (χ1n) is 9.56. The van der Waals surface area contributed by atoms with Crippen LogP contribution in [0.5, 0.6) is 5.75 Å². The number of nitrogens with one attached hydrogen (secondary N) is 1. The van der Waals surface area contributed by atoms with E-state index in [1.165, 1.54) is 34.9 Å². The molecule has 30 heavy (non-hydrogen) atoms. The molecule has 2 aromatic rings. The van der Waals surface area contributed by atoms with Gasteiger partial charge in [-0.25, -0.2) is 8.42 Å². The fourth-order valence-corrected chi connectivity index (χ4v) is 5.54. The zero-order valence-corrected chi connectivity index (χ0v) is 18.3. The number of amides is 1. The maximum atomic E-state index is 13.0. The Kier molecular flexibility index (Phi) is 7.46. The van der Waals surface area contributed by atoms with Crippen LogP contribution < -0.4 is 10.1 Å². The Bertz CT molecular complexity index is 983. The number of sulfonamides is 1. The van der Waals surface area contributed by atoms with Gasteiger partial charge in [-0.1, -0.05) is 12.5 Å². The highest BCUT2D eigenvalue weighted by Crippen LogP contribution is 2.31. The number of piperidine rings is 1. The van der Waals surface area contributed by atoms with E-state index < -0.39 is 28.5 Å². The summed E-state index contributed by atoms with van der Waals surface area (Å²) >= 11 is 1.43. The van der Waals surface area contributed by atoms with Crippen molar-refractivity contribution in [1.29, 1.82) is 0 Å². The predicted molar refractivity (Wildman–Crippen MR) is 113 cm³/mol. The Balaban J connectivity index is 1.65. The molecule has 1 aliphatic rings. The normalized spacial score (nSPS) is 14.8. The molecule has 0 radical (unpaired) electrons. The van der Waals surface area contributed by atoms with E-state index in [1.807, 2.05) is 17.5 Å². The summed E-state index contributed by atoms with van der Waals surface area (Å²) in [5.74, 6) is -0.849. The van der Waals surface area contributed by atoms with Crippen molar-refractivity contribution < 1.29 is 27.5 Å². The summed E-state index contributed by atoms with van der Waals surface area (Å²) in [5.41, 5.74) is 0.283. The predicted octanol–water partition coefficient (Wildman–Crippen LogP) is 2.66. The van der Waals surface area contributed by atoms with Crippen LogP contribution in [0.1, 0.15) is 24.1 Å². The van der Waals surface area contributed by atoms with Crippen molar-refractivity contribution in [2.24, 2.45) is 0 Å². The molecule has 1 aromatic heterocycles. The van der Waals surface area contributed by atoms with Gasteiger partial charge in [0.2, 0.25) is 10.0 Å². The second-order valence-corrected chi connectivity index (χ2v) is 9.73. The minimum absolute atomic E-state index is 0.000565. The van der Waals surface area contributed by atoms with Crippen molar-refractivity contribution in [3.05, 3.63) is 40.6 Å². The molecule has 3 rings (SSSR count). The van der Waals surface area contributed by atoms with Crippen LogP contribution in [0.4, 0.5) is 5.69 Å². The van der Waals surface area contributed by atoms with Gasteiger partial charge in [0.1, 0.15) is 10.6 Å². The summed E-state index contributed by atoms with van der Waals surface area (Å²) in [6.07, 6.45) is 2.74. The summed E-state index contributed by atoms with van der Waals surface area (Å²) in [6, 6.07) is 8.05. The van der Waals surface area contributed by atoms with E-state index in [9.17, 15) is 18.0 Å². The van der Waals surface area contributed by atoms with Gasteiger partial charge in [0.05, 0.1) is 13.5 Å². The number of hydrogen-bond acceptors (Lipinski definition) is 7. The molecule has 1 aromatic carbocycles. The molecule has 1 amide bonds. The Hall–Kier alpha value is -2.43. The second kappa shape index (κ2) is 10.1. The molecule has 1 saturated heterocycles. The van der Waals surface area contributed by atoms with Gasteiger partial charge in [0, 0.05) is 23.7 Å². The zero-order chi connectivity index (χ0) is 21.6. The number of carbonyl (C=O) groups excluding carboxylic acids is 2. The number of ether oxygens (including phenoxy) is 2. The van der Waals surface area contributed by atoms with Crippen LogP contribution in [-0.4, -0.2) is 51.4 Å². The molecular weight excluding hydrogens is 428 g/mol. The first kappa shape index (κ1) is 22.3. The minimum Gasteiger partial charge on any atom is -0.495 e. The van der Waals surface area contributed by atoms with Crippen LogP contribution in [0, 0.1) is 0 Å². The van der Waals surface area contributed by atoms with E-state index in [0.29, 0.717) is 13.1 Å². The first-order valence-corrected chi connectivity index (χ1v) is 11.9. The van der Waals surface area contributed by atoms with Crippen LogP contribution in [0.2, 0.25) is 0 Å². The monoisotopic (exact) mass is 452 g/mol. The molecular formula is C20H24N2O6S2. The molecule has 0 atom stereocenters. The summed E-state index contributed by atoms with van der Waals surface area (Å²) in [6.45, 7) is 0.467. The van der Waals surface area contributed by atoms with E-state index in [2.05, 4.69) is 5.32 Å². The standard InChI is InChI=1S/C20H24N2O6S2/c1-27-17-8-7-15(12-18(17)30(25,26)22-9-3-2-4-10-22)21-19(23)14-28-20(24)13-16-6-5-11-29-16/h5-8,11-12H,2-4,9-10,13-14H2,1H3,(H,21,23). The lowest BCUT2D eigenvalue weighted by Crippen LogP contribution is -2.35. The lowest BCUT2D eigenvalue weighted by atomic mass is 10.2. The highest BCUT2D eigenvalue weighted by molar-refractivity contribution is 7.89. The molecule has 10 heteroatoms. The van der Waals surface area contributed by atoms with E-state index in [-0.39, 0.29) is 22.8 Å². The van der Waals surface area contributed by atoms with Crippen molar-refractivity contribution in [2.45, 2.75) is 30.6 Å². The molecule has 1 N–H and O–H groups in total. The Labute approximate surface area is 179 Å². The largest absolute Gasteiger partial charge is 0.495 e. The summed E-state index contributed by atoms with van der Waals surface area (Å²) < 4.78 is 37.7. The average molecular weight is 453 g/mol. The third-order valence-electron chi connectivity index (χ3n) is 4.64. The van der Waals surface area contributed by atoms with Gasteiger partial charge in [-0.05, 0) is 42.5 Å². The van der Waals surface area contributed by atoms with Gasteiger partial charge in [-0.2, -0.15) is 4.31 Å². The fraction of sp³-hybridized carbons (Fsp3) is 0.400. The number of benzene rings is 1. The summed E-state index contributed by atoms with van der Waals surface area (Å²) in [7, 11) is -2.35. The third-order valence-corrected chi connectivity index (χ3v) is 7.44. The van der Waals surface area contributed by atoms with Gasteiger partial charge >= 0.3 is 5.97 Å². The molecule has 0 spiro atoms. The fourth-order valence-electron chi connectivity index (χ4n) is 3.15. The van der Waals surface area contributed by atoms with E-state index in [1.54, 1.807) is 6.07 Å². The van der Waals surface area contributed by atoms with E-state index in [0.717, 1.165) is 24.1 Å². The van der Waals surface area contributed by atoms with Crippen LogP contribution in [0.15, 0.2) is 40.6 Å². The maximum Gasteiger partial charge on any atom is 0.311 e. The van der Waals surface area contributed by atoms with Crippen molar-refractivity contribution >= 4 is 38.9 Å². The number of anilines is 1. The average Bonchev–Trinajstić information content (AvgIpc) is 3.26. The number of carbonyl (C=O) groups is 2. The van der Waals surface area contributed by atoms with Crippen molar-refractivity contribution in [2.75, 3.05) is 32.1 Å². The van der Waals surface area contributed by atoms with Gasteiger partial charge in [0.15, 0.2) is 6.61 Å². The number of hydrogen-bond donors (Lipinski definition) is 1. The number of methoxy groups -OCH3 is 1. The molecule has 2 heterocycles. The SMILES string of the molecule is COc1ccc(NC(=O)COC(=O)Cc2cccs2)cc1S(=O)(=O)N1CCCCC1. The highest BCUT2D eigenvalue weighted by Gasteiger charge is 2.29. The van der Waals surface area contributed by atoms with Crippen LogP contribution >= 0.6 is 11.3 Å². The number of thiophene rings is 1. The Morgan fingerprint density at radius 2 is 1.93 bits per heavy atom. The zero-order valence-electron chi connectivity index (χ0n) is 16.6.